The van der Waals surface area contributed by atoms with E-state index < -0.39 is 0 Å². The van der Waals surface area contributed by atoms with Crippen molar-refractivity contribution in [2.75, 3.05) is 19.4 Å². The molecule has 20 heavy (non-hydrogen) atoms. The summed E-state index contributed by atoms with van der Waals surface area (Å²) in [6, 6.07) is 7.39. The van der Waals surface area contributed by atoms with Gasteiger partial charge in [-0.25, -0.2) is 9.97 Å². The molecule has 106 valence electrons. The van der Waals surface area contributed by atoms with Crippen molar-refractivity contribution >= 4 is 16.7 Å². The summed E-state index contributed by atoms with van der Waals surface area (Å²) in [7, 11) is 4.32. The van der Waals surface area contributed by atoms with Crippen LogP contribution in [-0.2, 0) is 0 Å². The first-order valence-electron chi connectivity index (χ1n) is 7.29. The molecule has 0 radical (unpaired) electrons. The Morgan fingerprint density at radius 1 is 1.20 bits per heavy atom. The van der Waals surface area contributed by atoms with E-state index in [2.05, 4.69) is 59.4 Å². The number of fused-ring (bicyclic) bond motifs is 1. The molecule has 1 heterocycles. The summed E-state index contributed by atoms with van der Waals surface area (Å²) in [5.74, 6) is 0.970. The fourth-order valence-corrected chi connectivity index (χ4v) is 3.19. The SMILES string of the molecule is Cc1ccc2ncnc(N[C@H]3CCC[C@@H]3N(C)C)c2c1. The van der Waals surface area contributed by atoms with Crippen LogP contribution in [0.25, 0.3) is 10.9 Å². The van der Waals surface area contributed by atoms with E-state index in [0.717, 1.165) is 16.7 Å². The summed E-state index contributed by atoms with van der Waals surface area (Å²) in [5.41, 5.74) is 2.25. The summed E-state index contributed by atoms with van der Waals surface area (Å²) in [5, 5.41) is 4.77. The van der Waals surface area contributed by atoms with Crippen LogP contribution in [0.4, 0.5) is 5.82 Å². The van der Waals surface area contributed by atoms with E-state index in [1.54, 1.807) is 6.33 Å². The zero-order chi connectivity index (χ0) is 14.1. The predicted octanol–water partition coefficient (Wildman–Crippen LogP) is 2.83. The van der Waals surface area contributed by atoms with Crippen molar-refractivity contribution in [1.29, 1.82) is 0 Å². The number of nitrogens with zero attached hydrogens (tertiary/aromatic N) is 3. The van der Waals surface area contributed by atoms with Gasteiger partial charge >= 0.3 is 0 Å². The molecule has 0 aliphatic heterocycles. The highest BCUT2D eigenvalue weighted by atomic mass is 15.2. The number of aromatic nitrogens is 2. The number of aryl methyl sites for hydroxylation is 1. The third kappa shape index (κ3) is 2.48. The van der Waals surface area contributed by atoms with Gasteiger partial charge in [0, 0.05) is 17.5 Å². The number of benzene rings is 1. The lowest BCUT2D eigenvalue weighted by atomic mass is 10.1. The molecular formula is C16H22N4. The van der Waals surface area contributed by atoms with Gasteiger partial charge in [0.05, 0.1) is 5.52 Å². The van der Waals surface area contributed by atoms with Gasteiger partial charge in [0.1, 0.15) is 12.1 Å². The van der Waals surface area contributed by atoms with Gasteiger partial charge in [-0.2, -0.15) is 0 Å². The number of rotatable bonds is 3. The molecule has 4 heteroatoms. The summed E-state index contributed by atoms with van der Waals surface area (Å²) < 4.78 is 0. The lowest BCUT2D eigenvalue weighted by molar-refractivity contribution is 0.285. The summed E-state index contributed by atoms with van der Waals surface area (Å²) in [6.07, 6.45) is 5.40. The maximum atomic E-state index is 4.46. The van der Waals surface area contributed by atoms with Crippen molar-refractivity contribution in [3.05, 3.63) is 30.1 Å². The van der Waals surface area contributed by atoms with Gasteiger partial charge in [-0.3, -0.25) is 0 Å². The molecule has 2 aromatic rings. The lowest BCUT2D eigenvalue weighted by Crippen LogP contribution is -2.39. The van der Waals surface area contributed by atoms with Crippen LogP contribution < -0.4 is 5.32 Å². The molecule has 1 aliphatic carbocycles. The van der Waals surface area contributed by atoms with Crippen LogP contribution in [0.1, 0.15) is 24.8 Å². The van der Waals surface area contributed by atoms with Crippen molar-refractivity contribution in [2.24, 2.45) is 0 Å². The molecule has 1 fully saturated rings. The Morgan fingerprint density at radius 2 is 2.05 bits per heavy atom. The number of anilines is 1. The molecule has 0 spiro atoms. The van der Waals surface area contributed by atoms with Crippen molar-refractivity contribution < 1.29 is 0 Å². The van der Waals surface area contributed by atoms with Crippen molar-refractivity contribution in [1.82, 2.24) is 14.9 Å². The van der Waals surface area contributed by atoms with E-state index in [9.17, 15) is 0 Å². The normalized spacial score (nSPS) is 22.6. The predicted molar refractivity (Wildman–Crippen MR) is 83.0 cm³/mol. The monoisotopic (exact) mass is 270 g/mol. The van der Waals surface area contributed by atoms with Crippen LogP contribution in [-0.4, -0.2) is 41.0 Å². The molecule has 0 amide bonds. The molecule has 4 nitrogen and oxygen atoms in total. The first kappa shape index (κ1) is 13.3. The topological polar surface area (TPSA) is 41.1 Å². The first-order valence-corrected chi connectivity index (χ1v) is 7.29. The third-order valence-corrected chi connectivity index (χ3v) is 4.26. The molecule has 0 saturated heterocycles. The van der Waals surface area contributed by atoms with Gasteiger partial charge in [-0.1, -0.05) is 11.6 Å². The average Bonchev–Trinajstić information content (AvgIpc) is 2.88. The zero-order valence-electron chi connectivity index (χ0n) is 12.4. The zero-order valence-corrected chi connectivity index (χ0v) is 12.4. The fraction of sp³-hybridized carbons (Fsp3) is 0.500. The molecule has 0 bridgehead atoms. The van der Waals surface area contributed by atoms with Gasteiger partial charge in [0.25, 0.3) is 0 Å². The highest BCUT2D eigenvalue weighted by molar-refractivity contribution is 5.89. The number of nitrogens with one attached hydrogen (secondary N) is 1. The minimum atomic E-state index is 0.476. The van der Waals surface area contributed by atoms with Crippen LogP contribution in [0.15, 0.2) is 24.5 Å². The van der Waals surface area contributed by atoms with Crippen LogP contribution >= 0.6 is 0 Å². The van der Waals surface area contributed by atoms with Gasteiger partial charge < -0.3 is 10.2 Å². The minimum Gasteiger partial charge on any atom is -0.365 e. The fourth-order valence-electron chi connectivity index (χ4n) is 3.19. The van der Waals surface area contributed by atoms with Gasteiger partial charge in [-0.15, -0.1) is 0 Å². The molecule has 1 aliphatic rings. The van der Waals surface area contributed by atoms with E-state index >= 15 is 0 Å². The maximum Gasteiger partial charge on any atom is 0.137 e. The summed E-state index contributed by atoms with van der Waals surface area (Å²) >= 11 is 0. The summed E-state index contributed by atoms with van der Waals surface area (Å²) in [4.78, 5) is 11.1. The highest BCUT2D eigenvalue weighted by Gasteiger charge is 2.29. The third-order valence-electron chi connectivity index (χ3n) is 4.26. The maximum absolute atomic E-state index is 4.46. The Morgan fingerprint density at radius 3 is 2.85 bits per heavy atom. The highest BCUT2D eigenvalue weighted by Crippen LogP contribution is 2.28. The van der Waals surface area contributed by atoms with Crippen LogP contribution in [0.2, 0.25) is 0 Å². The Labute approximate surface area is 120 Å². The second-order valence-electron chi connectivity index (χ2n) is 5.96. The van der Waals surface area contributed by atoms with Crippen molar-refractivity contribution in [2.45, 2.75) is 38.3 Å². The van der Waals surface area contributed by atoms with Gasteiger partial charge in [0.15, 0.2) is 0 Å². The first-order chi connectivity index (χ1) is 9.65. The Balaban J connectivity index is 1.92. The lowest BCUT2D eigenvalue weighted by Gasteiger charge is -2.27. The molecule has 2 atom stereocenters. The molecular weight excluding hydrogens is 248 g/mol. The average molecular weight is 270 g/mol. The quantitative estimate of drug-likeness (QED) is 0.931. The standard InChI is InChI=1S/C16H22N4/c1-11-7-8-13-12(9-11)16(18-10-17-13)19-14-5-4-6-15(14)20(2)3/h7-10,14-15H,4-6H2,1-3H3,(H,17,18,19)/t14-,15-/m0/s1. The van der Waals surface area contributed by atoms with E-state index in [0.29, 0.717) is 12.1 Å². The van der Waals surface area contributed by atoms with Crippen LogP contribution in [0, 0.1) is 6.92 Å². The van der Waals surface area contributed by atoms with E-state index in [4.69, 9.17) is 0 Å². The molecule has 1 saturated carbocycles. The number of hydrogen-bond acceptors (Lipinski definition) is 4. The Bertz CT molecular complexity index is 608. The minimum absolute atomic E-state index is 0.476. The second kappa shape index (κ2) is 5.37. The van der Waals surface area contributed by atoms with E-state index in [1.807, 2.05) is 0 Å². The summed E-state index contributed by atoms with van der Waals surface area (Å²) in [6.45, 7) is 2.11. The van der Waals surface area contributed by atoms with Gasteiger partial charge in [-0.05, 0) is 52.4 Å². The molecule has 1 aromatic heterocycles. The van der Waals surface area contributed by atoms with Crippen LogP contribution in [0.5, 0.6) is 0 Å². The number of likely N-dealkylation sites (N-methyl/N-ethyl adjacent to an activating group) is 1. The van der Waals surface area contributed by atoms with Crippen molar-refractivity contribution in [3.63, 3.8) is 0 Å². The largest absolute Gasteiger partial charge is 0.365 e. The molecule has 3 rings (SSSR count). The smallest absolute Gasteiger partial charge is 0.137 e. The number of hydrogen-bond donors (Lipinski definition) is 1. The van der Waals surface area contributed by atoms with E-state index in [1.165, 1.54) is 24.8 Å². The molecule has 1 N–H and O–H groups in total. The molecule has 1 aromatic carbocycles. The Hall–Kier alpha value is -1.68. The Kier molecular flexibility index (Phi) is 3.57. The van der Waals surface area contributed by atoms with E-state index in [-0.39, 0.29) is 0 Å². The second-order valence-corrected chi connectivity index (χ2v) is 5.96. The molecule has 0 unspecified atom stereocenters. The van der Waals surface area contributed by atoms with Crippen LogP contribution in [0.3, 0.4) is 0 Å². The van der Waals surface area contributed by atoms with Crippen molar-refractivity contribution in [3.8, 4) is 0 Å². The van der Waals surface area contributed by atoms with Gasteiger partial charge in [0.2, 0.25) is 0 Å².